The zero-order valence-electron chi connectivity index (χ0n) is 11.6. The standard InChI is InChI=1S/C14H8I2O7S/c15-10-6-9(7-11(16)12(10)24(19,20)21)23-14(18)13(17)22-8-4-2-1-3-5-8/h1-7H,(H,19,20,21). The van der Waals surface area contributed by atoms with Crippen molar-refractivity contribution in [2.75, 3.05) is 0 Å². The smallest absolute Gasteiger partial charge is 0.418 e. The Bertz CT molecular complexity index is 872. The first kappa shape index (κ1) is 19.1. The molecule has 0 spiro atoms. The quantitative estimate of drug-likeness (QED) is 0.198. The van der Waals surface area contributed by atoms with Crippen LogP contribution in [0.4, 0.5) is 0 Å². The molecule has 0 bridgehead atoms. The SMILES string of the molecule is O=C(Oc1ccccc1)C(=O)Oc1cc(I)c(S(=O)(=O)O)c(I)c1. The summed E-state index contributed by atoms with van der Waals surface area (Å²) in [6, 6.07) is 10.4. The van der Waals surface area contributed by atoms with E-state index in [0.29, 0.717) is 0 Å². The van der Waals surface area contributed by atoms with Crippen LogP contribution in [-0.2, 0) is 19.7 Å². The molecule has 126 valence electrons. The van der Waals surface area contributed by atoms with E-state index in [-0.39, 0.29) is 23.5 Å². The maximum atomic E-state index is 11.8. The number of para-hydroxylation sites is 1. The second-order valence-corrected chi connectivity index (χ2v) is 7.97. The highest BCUT2D eigenvalue weighted by atomic mass is 127. The lowest BCUT2D eigenvalue weighted by Crippen LogP contribution is -2.25. The van der Waals surface area contributed by atoms with E-state index < -0.39 is 22.1 Å². The van der Waals surface area contributed by atoms with Crippen LogP contribution in [0.15, 0.2) is 47.4 Å². The Labute approximate surface area is 164 Å². The minimum Gasteiger partial charge on any atom is -0.418 e. The number of benzene rings is 2. The minimum atomic E-state index is -4.41. The first-order valence-electron chi connectivity index (χ1n) is 6.14. The van der Waals surface area contributed by atoms with Gasteiger partial charge in [-0.3, -0.25) is 4.55 Å². The monoisotopic (exact) mass is 574 g/mol. The van der Waals surface area contributed by atoms with Crippen LogP contribution < -0.4 is 9.47 Å². The van der Waals surface area contributed by atoms with Crippen molar-refractivity contribution in [3.8, 4) is 11.5 Å². The zero-order valence-corrected chi connectivity index (χ0v) is 16.7. The Kier molecular flexibility index (Phi) is 6.17. The molecular formula is C14H8I2O7S. The van der Waals surface area contributed by atoms with E-state index in [4.69, 9.17) is 14.0 Å². The number of carbonyl (C=O) groups excluding carboxylic acids is 2. The molecule has 0 saturated carbocycles. The number of esters is 2. The van der Waals surface area contributed by atoms with Gasteiger partial charge in [-0.25, -0.2) is 9.59 Å². The third-order valence-electron chi connectivity index (χ3n) is 2.56. The van der Waals surface area contributed by atoms with E-state index in [0.717, 1.165) is 0 Å². The van der Waals surface area contributed by atoms with Crippen molar-refractivity contribution >= 4 is 67.2 Å². The van der Waals surface area contributed by atoms with E-state index in [1.54, 1.807) is 63.4 Å². The first-order chi connectivity index (χ1) is 11.2. The first-order valence-corrected chi connectivity index (χ1v) is 9.74. The van der Waals surface area contributed by atoms with Gasteiger partial charge < -0.3 is 9.47 Å². The van der Waals surface area contributed by atoms with Gasteiger partial charge in [0, 0.05) is 7.14 Å². The largest absolute Gasteiger partial charge is 0.423 e. The lowest BCUT2D eigenvalue weighted by atomic mass is 10.3. The molecule has 0 aliphatic heterocycles. The molecule has 2 aromatic carbocycles. The van der Waals surface area contributed by atoms with Crippen LogP contribution in [0.5, 0.6) is 11.5 Å². The van der Waals surface area contributed by atoms with Crippen molar-refractivity contribution in [3.05, 3.63) is 49.6 Å². The molecule has 24 heavy (non-hydrogen) atoms. The van der Waals surface area contributed by atoms with E-state index in [9.17, 15) is 18.0 Å². The summed E-state index contributed by atoms with van der Waals surface area (Å²) in [4.78, 5) is 23.1. The van der Waals surface area contributed by atoms with Gasteiger partial charge in [0.05, 0.1) is 0 Å². The van der Waals surface area contributed by atoms with E-state index in [2.05, 4.69) is 0 Å². The normalized spacial score (nSPS) is 11.0. The average Bonchev–Trinajstić information content (AvgIpc) is 2.45. The van der Waals surface area contributed by atoms with Crippen molar-refractivity contribution < 1.29 is 32.0 Å². The molecule has 0 aliphatic carbocycles. The Morgan fingerprint density at radius 2 is 1.33 bits per heavy atom. The van der Waals surface area contributed by atoms with Gasteiger partial charge in [0.1, 0.15) is 16.4 Å². The second kappa shape index (κ2) is 7.76. The Morgan fingerprint density at radius 1 is 0.875 bits per heavy atom. The molecule has 0 radical (unpaired) electrons. The number of halogens is 2. The number of carbonyl (C=O) groups is 2. The van der Waals surface area contributed by atoms with Crippen LogP contribution >= 0.6 is 45.2 Å². The molecule has 2 rings (SSSR count). The third-order valence-corrected chi connectivity index (χ3v) is 5.95. The fourth-order valence-electron chi connectivity index (χ4n) is 1.63. The van der Waals surface area contributed by atoms with Gasteiger partial charge in [0.25, 0.3) is 10.1 Å². The number of hydrogen-bond donors (Lipinski definition) is 1. The van der Waals surface area contributed by atoms with Crippen LogP contribution in [0.2, 0.25) is 0 Å². The number of hydrogen-bond acceptors (Lipinski definition) is 6. The fourth-order valence-corrected chi connectivity index (χ4v) is 5.62. The molecule has 0 amide bonds. The van der Waals surface area contributed by atoms with Gasteiger partial charge in [0.15, 0.2) is 0 Å². The Hall–Kier alpha value is -1.25. The predicted octanol–water partition coefficient (Wildman–Crippen LogP) is 2.65. The molecule has 0 saturated heterocycles. The summed E-state index contributed by atoms with van der Waals surface area (Å²) < 4.78 is 41.7. The highest BCUT2D eigenvalue weighted by molar-refractivity contribution is 14.1. The van der Waals surface area contributed by atoms with Crippen molar-refractivity contribution in [3.63, 3.8) is 0 Å². The number of rotatable bonds is 3. The molecule has 0 heterocycles. The van der Waals surface area contributed by atoms with Crippen LogP contribution in [-0.4, -0.2) is 24.9 Å². The average molecular weight is 574 g/mol. The van der Waals surface area contributed by atoms with Crippen molar-refractivity contribution in [1.82, 2.24) is 0 Å². The molecule has 10 heteroatoms. The van der Waals surface area contributed by atoms with Gasteiger partial charge >= 0.3 is 11.9 Å². The van der Waals surface area contributed by atoms with Gasteiger partial charge in [-0.05, 0) is 69.4 Å². The van der Waals surface area contributed by atoms with E-state index >= 15 is 0 Å². The summed E-state index contributed by atoms with van der Waals surface area (Å²) in [6.07, 6.45) is 0. The molecule has 1 N–H and O–H groups in total. The van der Waals surface area contributed by atoms with Crippen molar-refractivity contribution in [1.29, 1.82) is 0 Å². The van der Waals surface area contributed by atoms with Crippen LogP contribution in [0.1, 0.15) is 0 Å². The summed E-state index contributed by atoms with van der Waals surface area (Å²) in [5.41, 5.74) is 0. The molecule has 2 aromatic rings. The molecule has 0 unspecified atom stereocenters. The highest BCUT2D eigenvalue weighted by Crippen LogP contribution is 2.29. The van der Waals surface area contributed by atoms with Crippen LogP contribution in [0, 0.1) is 7.14 Å². The molecule has 0 aromatic heterocycles. The zero-order chi connectivity index (χ0) is 17.9. The predicted molar refractivity (Wildman–Crippen MR) is 99.4 cm³/mol. The third kappa shape index (κ3) is 4.87. The maximum absolute atomic E-state index is 11.8. The molecule has 0 fully saturated rings. The summed E-state index contributed by atoms with van der Waals surface area (Å²) in [5, 5.41) is 0. The summed E-state index contributed by atoms with van der Waals surface area (Å²) in [7, 11) is -4.41. The lowest BCUT2D eigenvalue weighted by Gasteiger charge is -2.09. The molecular weight excluding hydrogens is 566 g/mol. The van der Waals surface area contributed by atoms with Crippen molar-refractivity contribution in [2.24, 2.45) is 0 Å². The molecule has 7 nitrogen and oxygen atoms in total. The summed E-state index contributed by atoms with van der Waals surface area (Å²) >= 11 is 3.34. The van der Waals surface area contributed by atoms with Crippen LogP contribution in [0.25, 0.3) is 0 Å². The van der Waals surface area contributed by atoms with Gasteiger partial charge in [-0.1, -0.05) is 18.2 Å². The van der Waals surface area contributed by atoms with Gasteiger partial charge in [0.2, 0.25) is 0 Å². The molecule has 0 aliphatic rings. The van der Waals surface area contributed by atoms with Gasteiger partial charge in [-0.2, -0.15) is 8.42 Å². The lowest BCUT2D eigenvalue weighted by molar-refractivity contribution is -0.156. The summed E-state index contributed by atoms with van der Waals surface area (Å²) in [5.74, 6) is -2.34. The second-order valence-electron chi connectivity index (χ2n) is 4.28. The number of ether oxygens (including phenoxy) is 2. The minimum absolute atomic E-state index is 0.0498. The Balaban J connectivity index is 2.16. The highest BCUT2D eigenvalue weighted by Gasteiger charge is 2.23. The van der Waals surface area contributed by atoms with E-state index in [1.165, 1.54) is 24.3 Å². The Morgan fingerprint density at radius 3 is 1.79 bits per heavy atom. The van der Waals surface area contributed by atoms with Crippen LogP contribution in [0.3, 0.4) is 0 Å². The van der Waals surface area contributed by atoms with Gasteiger partial charge in [-0.15, -0.1) is 0 Å². The maximum Gasteiger partial charge on any atom is 0.423 e. The fraction of sp³-hybridized carbons (Fsp3) is 0. The summed E-state index contributed by atoms with van der Waals surface area (Å²) in [6.45, 7) is 0. The topological polar surface area (TPSA) is 107 Å². The van der Waals surface area contributed by atoms with E-state index in [1.807, 2.05) is 0 Å². The van der Waals surface area contributed by atoms with Crippen molar-refractivity contribution in [2.45, 2.75) is 4.90 Å². The molecule has 0 atom stereocenters.